The molecule has 5 rings (SSSR count). The van der Waals surface area contributed by atoms with Crippen molar-refractivity contribution in [2.45, 2.75) is 20.0 Å². The Morgan fingerprint density at radius 1 is 0.816 bits per heavy atom. The molecule has 0 radical (unpaired) electrons. The van der Waals surface area contributed by atoms with Crippen LogP contribution in [0.4, 0.5) is 0 Å². The third-order valence-electron chi connectivity index (χ3n) is 6.38. The van der Waals surface area contributed by atoms with Crippen LogP contribution in [0, 0.1) is 6.92 Å². The monoisotopic (exact) mass is 543 g/mol. The van der Waals surface area contributed by atoms with Crippen LogP contribution in [0.2, 0.25) is 10.0 Å². The Hall–Kier alpha value is -4.13. The van der Waals surface area contributed by atoms with Crippen LogP contribution in [0.15, 0.2) is 101 Å². The molecule has 0 fully saturated rings. The summed E-state index contributed by atoms with van der Waals surface area (Å²) in [5.41, 5.74) is 2.61. The lowest BCUT2D eigenvalue weighted by molar-refractivity contribution is 0.0951. The highest BCUT2D eigenvalue weighted by atomic mass is 35.5. The minimum Gasteiger partial charge on any atom is -0.348 e. The molecule has 0 spiro atoms. The van der Waals surface area contributed by atoms with Gasteiger partial charge in [0.15, 0.2) is 0 Å². The molecule has 38 heavy (non-hydrogen) atoms. The number of benzene rings is 4. The molecule has 0 atom stereocenters. The van der Waals surface area contributed by atoms with Gasteiger partial charge in [-0.15, -0.1) is 0 Å². The largest absolute Gasteiger partial charge is 0.348 e. The number of nitrogens with zero attached hydrogens (tertiary/aromatic N) is 2. The molecule has 0 bridgehead atoms. The van der Waals surface area contributed by atoms with E-state index in [1.54, 1.807) is 48.5 Å². The van der Waals surface area contributed by atoms with E-state index in [0.29, 0.717) is 37.8 Å². The molecular formula is C30H23Cl2N3O3. The number of amides is 1. The fourth-order valence-electron chi connectivity index (χ4n) is 4.30. The zero-order chi connectivity index (χ0) is 26.8. The zero-order valence-corrected chi connectivity index (χ0v) is 22.0. The molecule has 5 aromatic rings. The molecule has 4 aromatic carbocycles. The summed E-state index contributed by atoms with van der Waals surface area (Å²) in [5.74, 6) is -0.355. The molecule has 1 aromatic heterocycles. The molecule has 0 unspecified atom stereocenters. The lowest BCUT2D eigenvalue weighted by atomic mass is 10.1. The molecule has 1 heterocycles. The van der Waals surface area contributed by atoms with E-state index in [1.165, 1.54) is 4.57 Å². The van der Waals surface area contributed by atoms with Crippen molar-refractivity contribution in [2.75, 3.05) is 0 Å². The van der Waals surface area contributed by atoms with Gasteiger partial charge in [-0.25, -0.2) is 9.36 Å². The van der Waals surface area contributed by atoms with Gasteiger partial charge in [-0.05, 0) is 60.5 Å². The summed E-state index contributed by atoms with van der Waals surface area (Å²) in [5, 5.41) is 4.21. The molecule has 0 aliphatic carbocycles. The van der Waals surface area contributed by atoms with Crippen molar-refractivity contribution in [1.29, 1.82) is 0 Å². The maximum Gasteiger partial charge on any atom is 0.336 e. The Labute approximate surface area is 228 Å². The van der Waals surface area contributed by atoms with Crippen LogP contribution in [0.3, 0.4) is 0 Å². The Balaban J connectivity index is 1.64. The second-order valence-corrected chi connectivity index (χ2v) is 9.76. The van der Waals surface area contributed by atoms with Gasteiger partial charge in [0, 0.05) is 22.2 Å². The van der Waals surface area contributed by atoms with Crippen molar-refractivity contribution in [3.8, 4) is 5.69 Å². The fourth-order valence-corrected chi connectivity index (χ4v) is 4.70. The zero-order valence-electron chi connectivity index (χ0n) is 20.4. The predicted octanol–water partition coefficient (Wildman–Crippen LogP) is 5.75. The maximum absolute atomic E-state index is 13.8. The molecule has 0 aliphatic rings. The first-order chi connectivity index (χ1) is 18.3. The van der Waals surface area contributed by atoms with Gasteiger partial charge in [0.1, 0.15) is 0 Å². The Morgan fingerprint density at radius 3 is 2.11 bits per heavy atom. The van der Waals surface area contributed by atoms with Gasteiger partial charge in [-0.3, -0.25) is 14.2 Å². The van der Waals surface area contributed by atoms with Crippen molar-refractivity contribution < 1.29 is 4.79 Å². The van der Waals surface area contributed by atoms with Crippen LogP contribution in [-0.2, 0) is 13.1 Å². The van der Waals surface area contributed by atoms with Crippen LogP contribution in [-0.4, -0.2) is 15.0 Å². The van der Waals surface area contributed by atoms with E-state index < -0.39 is 11.2 Å². The average Bonchev–Trinajstić information content (AvgIpc) is 2.92. The SMILES string of the molecule is Cc1ccc(-n2c(=O)c3ccc(C(=O)NCc4ccccc4Cl)cc3n(Cc3ccccc3Cl)c2=O)cc1. The molecule has 8 heteroatoms. The van der Waals surface area contributed by atoms with Crippen molar-refractivity contribution in [3.05, 3.63) is 144 Å². The standard InChI is InChI=1S/C30H23Cl2N3O3/c1-19-10-13-23(14-11-19)35-29(37)24-15-12-20(28(36)33-17-21-6-2-4-8-25(21)31)16-27(24)34(30(35)38)18-22-7-3-5-9-26(22)32/h2-16H,17-18H2,1H3,(H,33,36). The molecule has 0 aliphatic heterocycles. The number of hydrogen-bond acceptors (Lipinski definition) is 3. The topological polar surface area (TPSA) is 73.1 Å². The second kappa shape index (κ2) is 10.7. The Morgan fingerprint density at radius 2 is 1.45 bits per heavy atom. The van der Waals surface area contributed by atoms with Gasteiger partial charge in [0.2, 0.25) is 0 Å². The molecule has 190 valence electrons. The van der Waals surface area contributed by atoms with Crippen molar-refractivity contribution in [2.24, 2.45) is 0 Å². The van der Waals surface area contributed by atoms with Gasteiger partial charge >= 0.3 is 5.69 Å². The Kier molecular flexibility index (Phi) is 7.18. The summed E-state index contributed by atoms with van der Waals surface area (Å²) >= 11 is 12.6. The smallest absolute Gasteiger partial charge is 0.336 e. The van der Waals surface area contributed by atoms with Gasteiger partial charge < -0.3 is 5.32 Å². The quantitative estimate of drug-likeness (QED) is 0.296. The number of carbonyl (C=O) groups excluding carboxylic acids is 1. The van der Waals surface area contributed by atoms with E-state index in [-0.39, 0.29) is 19.0 Å². The van der Waals surface area contributed by atoms with E-state index in [4.69, 9.17) is 23.2 Å². The van der Waals surface area contributed by atoms with E-state index >= 15 is 0 Å². The van der Waals surface area contributed by atoms with E-state index in [0.717, 1.165) is 15.7 Å². The van der Waals surface area contributed by atoms with Gasteiger partial charge in [-0.1, -0.05) is 77.3 Å². The summed E-state index contributed by atoms with van der Waals surface area (Å²) in [7, 11) is 0. The summed E-state index contributed by atoms with van der Waals surface area (Å²) in [6, 6.07) is 26.3. The first kappa shape index (κ1) is 25.5. The van der Waals surface area contributed by atoms with Crippen LogP contribution < -0.4 is 16.6 Å². The van der Waals surface area contributed by atoms with E-state index in [2.05, 4.69) is 5.32 Å². The molecule has 6 nitrogen and oxygen atoms in total. The van der Waals surface area contributed by atoms with E-state index in [9.17, 15) is 14.4 Å². The maximum atomic E-state index is 13.8. The van der Waals surface area contributed by atoms with Crippen molar-refractivity contribution in [1.82, 2.24) is 14.5 Å². The first-order valence-corrected chi connectivity index (χ1v) is 12.7. The number of carbonyl (C=O) groups is 1. The van der Waals surface area contributed by atoms with E-state index in [1.807, 2.05) is 49.4 Å². The first-order valence-electron chi connectivity index (χ1n) is 11.9. The van der Waals surface area contributed by atoms with Crippen LogP contribution >= 0.6 is 23.2 Å². The number of aromatic nitrogens is 2. The number of halogens is 2. The number of aryl methyl sites for hydroxylation is 1. The molecular weight excluding hydrogens is 521 g/mol. The van der Waals surface area contributed by atoms with Gasteiger partial charge in [0.05, 0.1) is 23.1 Å². The average molecular weight is 544 g/mol. The second-order valence-electron chi connectivity index (χ2n) is 8.94. The lowest BCUT2D eigenvalue weighted by Crippen LogP contribution is -2.39. The highest BCUT2D eigenvalue weighted by molar-refractivity contribution is 6.31. The number of rotatable bonds is 6. The third kappa shape index (κ3) is 5.01. The van der Waals surface area contributed by atoms with Gasteiger partial charge in [0.25, 0.3) is 11.5 Å². The third-order valence-corrected chi connectivity index (χ3v) is 7.12. The summed E-state index contributed by atoms with van der Waals surface area (Å²) in [4.78, 5) is 40.4. The Bertz CT molecular complexity index is 1790. The minimum atomic E-state index is -0.528. The number of hydrogen-bond donors (Lipinski definition) is 1. The summed E-state index contributed by atoms with van der Waals surface area (Å²) in [6.07, 6.45) is 0. The molecule has 0 saturated carbocycles. The predicted molar refractivity (Wildman–Crippen MR) is 152 cm³/mol. The fraction of sp³-hybridized carbons (Fsp3) is 0.100. The van der Waals surface area contributed by atoms with Crippen LogP contribution in [0.5, 0.6) is 0 Å². The molecule has 1 amide bonds. The highest BCUT2D eigenvalue weighted by Crippen LogP contribution is 2.20. The lowest BCUT2D eigenvalue weighted by Gasteiger charge is -2.16. The molecule has 1 N–H and O–H groups in total. The number of nitrogens with one attached hydrogen (secondary N) is 1. The summed E-state index contributed by atoms with van der Waals surface area (Å²) in [6.45, 7) is 2.28. The number of fused-ring (bicyclic) bond motifs is 1. The molecule has 0 saturated heterocycles. The van der Waals surface area contributed by atoms with Crippen molar-refractivity contribution in [3.63, 3.8) is 0 Å². The van der Waals surface area contributed by atoms with Crippen molar-refractivity contribution >= 4 is 40.0 Å². The van der Waals surface area contributed by atoms with Gasteiger partial charge in [-0.2, -0.15) is 0 Å². The van der Waals surface area contributed by atoms with Crippen LogP contribution in [0.25, 0.3) is 16.6 Å². The summed E-state index contributed by atoms with van der Waals surface area (Å²) < 4.78 is 2.62. The minimum absolute atomic E-state index is 0.117. The normalized spacial score (nSPS) is 11.0. The highest BCUT2D eigenvalue weighted by Gasteiger charge is 2.18. The van der Waals surface area contributed by atoms with Crippen LogP contribution in [0.1, 0.15) is 27.0 Å².